The lowest BCUT2D eigenvalue weighted by atomic mass is 9.82. The summed E-state index contributed by atoms with van der Waals surface area (Å²) in [5.74, 6) is -1.71. The highest BCUT2D eigenvalue weighted by Gasteiger charge is 2.57. The van der Waals surface area contributed by atoms with E-state index in [1.54, 1.807) is 7.11 Å². The molecule has 6 heteroatoms. The van der Waals surface area contributed by atoms with Gasteiger partial charge >= 0.3 is 11.9 Å². The molecule has 170 valence electrons. The molecule has 4 atom stereocenters. The van der Waals surface area contributed by atoms with Crippen molar-refractivity contribution in [2.45, 2.75) is 12.1 Å². The highest BCUT2D eigenvalue weighted by molar-refractivity contribution is 5.86. The number of benzene rings is 3. The molecule has 3 aromatic rings. The van der Waals surface area contributed by atoms with Crippen LogP contribution in [0.3, 0.4) is 0 Å². The predicted octanol–water partition coefficient (Wildman–Crippen LogP) is 4.58. The van der Waals surface area contributed by atoms with Crippen LogP contribution >= 0.6 is 0 Å². The van der Waals surface area contributed by atoms with E-state index in [-0.39, 0.29) is 0 Å². The molecule has 1 heterocycles. The zero-order valence-electron chi connectivity index (χ0n) is 18.9. The topological polar surface area (TPSA) is 65.1 Å². The van der Waals surface area contributed by atoms with Gasteiger partial charge in [0.2, 0.25) is 0 Å². The summed E-state index contributed by atoms with van der Waals surface area (Å²) in [6.45, 7) is 0. The summed E-state index contributed by atoms with van der Waals surface area (Å²) in [6.07, 6.45) is 0. The minimum absolute atomic E-state index is 0.443. The third-order valence-corrected chi connectivity index (χ3v) is 6.27. The van der Waals surface area contributed by atoms with Crippen LogP contribution in [0.25, 0.3) is 0 Å². The number of hydrogen-bond donors (Lipinski definition) is 0. The van der Waals surface area contributed by atoms with Crippen LogP contribution in [0.2, 0.25) is 0 Å². The van der Waals surface area contributed by atoms with Gasteiger partial charge in [-0.2, -0.15) is 0 Å². The Bertz CT molecular complexity index is 1020. The molecule has 1 fully saturated rings. The second-order valence-corrected chi connectivity index (χ2v) is 7.91. The molecule has 33 heavy (non-hydrogen) atoms. The molecule has 1 saturated heterocycles. The number of esters is 2. The lowest BCUT2D eigenvalue weighted by Gasteiger charge is -2.34. The van der Waals surface area contributed by atoms with Crippen LogP contribution in [0, 0.1) is 11.8 Å². The molecule has 1 aliphatic rings. The second kappa shape index (κ2) is 9.77. The van der Waals surface area contributed by atoms with Gasteiger partial charge in [0.15, 0.2) is 0 Å². The first kappa shape index (κ1) is 22.4. The number of anilines is 1. The minimum atomic E-state index is -0.767. The van der Waals surface area contributed by atoms with E-state index in [1.165, 1.54) is 14.2 Å². The maximum Gasteiger partial charge on any atom is 0.312 e. The van der Waals surface area contributed by atoms with E-state index in [0.717, 1.165) is 22.6 Å². The van der Waals surface area contributed by atoms with E-state index in [2.05, 4.69) is 4.90 Å². The molecule has 1 aliphatic heterocycles. The predicted molar refractivity (Wildman–Crippen MR) is 125 cm³/mol. The Morgan fingerprint density at radius 2 is 1.06 bits per heavy atom. The molecule has 0 saturated carbocycles. The van der Waals surface area contributed by atoms with Crippen molar-refractivity contribution >= 4 is 17.6 Å². The van der Waals surface area contributed by atoms with Crippen molar-refractivity contribution in [2.24, 2.45) is 11.8 Å². The molecule has 0 unspecified atom stereocenters. The van der Waals surface area contributed by atoms with Crippen molar-refractivity contribution in [1.29, 1.82) is 0 Å². The van der Waals surface area contributed by atoms with Gasteiger partial charge in [0.25, 0.3) is 0 Å². The summed E-state index contributed by atoms with van der Waals surface area (Å²) in [7, 11) is 4.32. The molecule has 4 rings (SSSR count). The summed E-state index contributed by atoms with van der Waals surface area (Å²) in [5.41, 5.74) is 2.69. The summed E-state index contributed by atoms with van der Waals surface area (Å²) < 4.78 is 15.8. The lowest BCUT2D eigenvalue weighted by molar-refractivity contribution is -0.157. The molecule has 6 nitrogen and oxygen atoms in total. The van der Waals surface area contributed by atoms with Crippen LogP contribution in [0.15, 0.2) is 84.9 Å². The van der Waals surface area contributed by atoms with Gasteiger partial charge < -0.3 is 19.1 Å². The van der Waals surface area contributed by atoms with Gasteiger partial charge in [-0.3, -0.25) is 9.59 Å². The molecule has 0 radical (unpaired) electrons. The Balaban J connectivity index is 1.98. The summed E-state index contributed by atoms with van der Waals surface area (Å²) >= 11 is 0. The standard InChI is InChI=1S/C27H27NO5/c1-31-21-16-14-20(15-17-21)28-24(18-10-6-4-7-11-18)22(26(29)32-2)23(27(30)33-3)25(28)19-12-8-5-9-13-19/h4-17,22-25H,1-3H3/t22-,23-,24+,25+/m0/s1. The Labute approximate surface area is 193 Å². The quantitative estimate of drug-likeness (QED) is 0.518. The molecule has 0 aromatic heterocycles. The summed E-state index contributed by atoms with van der Waals surface area (Å²) in [5, 5.41) is 0. The van der Waals surface area contributed by atoms with Crippen molar-refractivity contribution in [3.63, 3.8) is 0 Å². The zero-order valence-corrected chi connectivity index (χ0v) is 18.9. The number of ether oxygens (including phenoxy) is 3. The molecule has 0 N–H and O–H groups in total. The lowest BCUT2D eigenvalue weighted by Crippen LogP contribution is -2.32. The molecule has 0 bridgehead atoms. The highest BCUT2D eigenvalue weighted by Crippen LogP contribution is 2.54. The van der Waals surface area contributed by atoms with Gasteiger partial charge in [-0.15, -0.1) is 0 Å². The van der Waals surface area contributed by atoms with E-state index in [0.29, 0.717) is 0 Å². The van der Waals surface area contributed by atoms with Crippen molar-refractivity contribution in [3.05, 3.63) is 96.1 Å². The third-order valence-electron chi connectivity index (χ3n) is 6.27. The number of carbonyl (C=O) groups is 2. The van der Waals surface area contributed by atoms with Crippen LogP contribution < -0.4 is 9.64 Å². The molecule has 0 spiro atoms. The van der Waals surface area contributed by atoms with Crippen LogP contribution in [-0.4, -0.2) is 33.3 Å². The first-order valence-electron chi connectivity index (χ1n) is 10.8. The Hall–Kier alpha value is -3.80. The van der Waals surface area contributed by atoms with Gasteiger partial charge in [-0.25, -0.2) is 0 Å². The van der Waals surface area contributed by atoms with Crippen LogP contribution in [-0.2, 0) is 19.1 Å². The highest BCUT2D eigenvalue weighted by atomic mass is 16.5. The first-order chi connectivity index (χ1) is 16.1. The zero-order chi connectivity index (χ0) is 23.4. The molecular formula is C27H27NO5. The Morgan fingerprint density at radius 3 is 1.42 bits per heavy atom. The molecule has 3 aromatic carbocycles. The SMILES string of the molecule is COC(=O)[C@H]1[C@H](C(=O)OC)[C@@H](c2ccccc2)N(c2ccc(OC)cc2)[C@@H]1c1ccccc1. The first-order valence-corrected chi connectivity index (χ1v) is 10.8. The number of nitrogens with zero attached hydrogens (tertiary/aromatic N) is 1. The van der Waals surface area contributed by atoms with Gasteiger partial charge in [-0.05, 0) is 35.4 Å². The van der Waals surface area contributed by atoms with E-state index in [1.807, 2.05) is 84.9 Å². The minimum Gasteiger partial charge on any atom is -0.497 e. The van der Waals surface area contributed by atoms with E-state index < -0.39 is 35.9 Å². The van der Waals surface area contributed by atoms with Crippen LogP contribution in [0.5, 0.6) is 5.75 Å². The summed E-state index contributed by atoms with van der Waals surface area (Å²) in [4.78, 5) is 28.5. The summed E-state index contributed by atoms with van der Waals surface area (Å²) in [6, 6.07) is 26.2. The third kappa shape index (κ3) is 4.16. The van der Waals surface area contributed by atoms with Gasteiger partial charge in [0.05, 0.1) is 45.2 Å². The monoisotopic (exact) mass is 445 g/mol. The van der Waals surface area contributed by atoms with Crippen molar-refractivity contribution in [1.82, 2.24) is 0 Å². The smallest absolute Gasteiger partial charge is 0.312 e. The fourth-order valence-corrected chi connectivity index (χ4v) is 4.85. The van der Waals surface area contributed by atoms with Gasteiger partial charge in [0, 0.05) is 5.69 Å². The van der Waals surface area contributed by atoms with E-state index in [9.17, 15) is 9.59 Å². The van der Waals surface area contributed by atoms with Crippen molar-refractivity contribution < 1.29 is 23.8 Å². The van der Waals surface area contributed by atoms with Gasteiger partial charge in [-0.1, -0.05) is 60.7 Å². The van der Waals surface area contributed by atoms with Crippen molar-refractivity contribution in [3.8, 4) is 5.75 Å². The average Bonchev–Trinajstić information content (AvgIpc) is 3.25. The second-order valence-electron chi connectivity index (χ2n) is 7.91. The number of methoxy groups -OCH3 is 3. The van der Waals surface area contributed by atoms with E-state index >= 15 is 0 Å². The number of carbonyl (C=O) groups excluding carboxylic acids is 2. The van der Waals surface area contributed by atoms with Gasteiger partial charge in [0.1, 0.15) is 5.75 Å². The maximum absolute atomic E-state index is 13.2. The Morgan fingerprint density at radius 1 is 0.636 bits per heavy atom. The largest absolute Gasteiger partial charge is 0.497 e. The Kier molecular flexibility index (Phi) is 6.63. The number of rotatable bonds is 6. The van der Waals surface area contributed by atoms with Crippen LogP contribution in [0.1, 0.15) is 23.2 Å². The molecular weight excluding hydrogens is 418 g/mol. The fraction of sp³-hybridized carbons (Fsp3) is 0.259. The van der Waals surface area contributed by atoms with E-state index in [4.69, 9.17) is 14.2 Å². The molecule has 0 amide bonds. The van der Waals surface area contributed by atoms with Crippen molar-refractivity contribution in [2.75, 3.05) is 26.2 Å². The fourth-order valence-electron chi connectivity index (χ4n) is 4.85. The molecule has 0 aliphatic carbocycles. The average molecular weight is 446 g/mol. The number of hydrogen-bond acceptors (Lipinski definition) is 6. The normalized spacial score (nSPS) is 22.0. The maximum atomic E-state index is 13.2. The van der Waals surface area contributed by atoms with Crippen LogP contribution in [0.4, 0.5) is 5.69 Å².